The molecule has 0 aromatic heterocycles. The van der Waals surface area contributed by atoms with Crippen LogP contribution in [0.25, 0.3) is 0 Å². The Morgan fingerprint density at radius 1 is 1.24 bits per heavy atom. The van der Waals surface area contributed by atoms with Crippen LogP contribution in [-0.4, -0.2) is 19.0 Å². The van der Waals surface area contributed by atoms with Gasteiger partial charge in [0.05, 0.1) is 0 Å². The van der Waals surface area contributed by atoms with Gasteiger partial charge in [-0.15, -0.1) is 0 Å². The van der Waals surface area contributed by atoms with Crippen molar-refractivity contribution in [3.05, 3.63) is 23.3 Å². The Morgan fingerprint density at radius 3 is 2.71 bits per heavy atom. The molecule has 2 nitrogen and oxygen atoms in total. The van der Waals surface area contributed by atoms with E-state index < -0.39 is 0 Å². The van der Waals surface area contributed by atoms with Gasteiger partial charge < -0.3 is 4.74 Å². The van der Waals surface area contributed by atoms with Crippen molar-refractivity contribution in [3.63, 3.8) is 0 Å². The standard InChI is InChI=1S/C19H28O2/c1-13-8-7-11-16-17(20)18(21-3)15(12-19(13,16)2)14-9-5-4-6-10-14/h9,11,13,15,18H,4-8,10,12H2,1-3H3. The van der Waals surface area contributed by atoms with E-state index in [2.05, 4.69) is 26.0 Å². The summed E-state index contributed by atoms with van der Waals surface area (Å²) in [6.07, 6.45) is 12.5. The minimum Gasteiger partial charge on any atom is -0.373 e. The molecule has 0 amide bonds. The van der Waals surface area contributed by atoms with E-state index in [4.69, 9.17) is 4.74 Å². The number of allylic oxidation sites excluding steroid dienone is 2. The first-order valence-corrected chi connectivity index (χ1v) is 8.54. The van der Waals surface area contributed by atoms with Gasteiger partial charge in [0.1, 0.15) is 6.10 Å². The van der Waals surface area contributed by atoms with Crippen LogP contribution in [-0.2, 0) is 9.53 Å². The number of carbonyl (C=O) groups excluding carboxylic acids is 1. The molecule has 2 heteroatoms. The van der Waals surface area contributed by atoms with Crippen LogP contribution >= 0.6 is 0 Å². The highest BCUT2D eigenvalue weighted by Crippen LogP contribution is 2.53. The molecule has 0 radical (unpaired) electrons. The van der Waals surface area contributed by atoms with Gasteiger partial charge in [-0.3, -0.25) is 4.79 Å². The lowest BCUT2D eigenvalue weighted by atomic mass is 9.56. The Hall–Kier alpha value is -0.890. The minimum absolute atomic E-state index is 0.0489. The Bertz CT molecular complexity index is 488. The summed E-state index contributed by atoms with van der Waals surface area (Å²) in [6, 6.07) is 0. The number of rotatable bonds is 2. The van der Waals surface area contributed by atoms with Crippen molar-refractivity contribution in [2.75, 3.05) is 7.11 Å². The molecular formula is C19H28O2. The maximum atomic E-state index is 13.0. The van der Waals surface area contributed by atoms with Crippen LogP contribution in [0.4, 0.5) is 0 Å². The predicted molar refractivity (Wildman–Crippen MR) is 85.1 cm³/mol. The average Bonchev–Trinajstić information content (AvgIpc) is 2.50. The molecule has 0 heterocycles. The lowest BCUT2D eigenvalue weighted by Gasteiger charge is -2.49. The van der Waals surface area contributed by atoms with Crippen molar-refractivity contribution in [1.82, 2.24) is 0 Å². The summed E-state index contributed by atoms with van der Waals surface area (Å²) in [5.74, 6) is 1.14. The third kappa shape index (κ3) is 2.42. The van der Waals surface area contributed by atoms with Crippen molar-refractivity contribution in [2.45, 2.75) is 64.9 Å². The Labute approximate surface area is 128 Å². The first-order valence-electron chi connectivity index (χ1n) is 8.54. The fourth-order valence-corrected chi connectivity index (χ4v) is 4.68. The number of hydrogen-bond acceptors (Lipinski definition) is 2. The molecule has 0 aliphatic heterocycles. The zero-order valence-electron chi connectivity index (χ0n) is 13.7. The zero-order valence-corrected chi connectivity index (χ0v) is 13.7. The van der Waals surface area contributed by atoms with Crippen LogP contribution < -0.4 is 0 Å². The van der Waals surface area contributed by atoms with E-state index in [-0.39, 0.29) is 17.3 Å². The van der Waals surface area contributed by atoms with Crippen LogP contribution in [0.3, 0.4) is 0 Å². The maximum Gasteiger partial charge on any atom is 0.188 e. The molecule has 21 heavy (non-hydrogen) atoms. The van der Waals surface area contributed by atoms with Gasteiger partial charge >= 0.3 is 0 Å². The largest absolute Gasteiger partial charge is 0.373 e. The van der Waals surface area contributed by atoms with E-state index >= 15 is 0 Å². The Kier molecular flexibility index (Phi) is 4.09. The SMILES string of the molecule is COC1C(=O)C2=CCCC(C)C2(C)CC1C1=CCCCC1. The monoisotopic (exact) mass is 288 g/mol. The van der Waals surface area contributed by atoms with Gasteiger partial charge in [0, 0.05) is 18.6 Å². The summed E-state index contributed by atoms with van der Waals surface area (Å²) in [6.45, 7) is 4.63. The van der Waals surface area contributed by atoms with Crippen LogP contribution in [0.15, 0.2) is 23.3 Å². The smallest absolute Gasteiger partial charge is 0.188 e. The van der Waals surface area contributed by atoms with E-state index in [0.717, 1.165) is 24.8 Å². The molecule has 4 atom stereocenters. The summed E-state index contributed by atoms with van der Waals surface area (Å²) in [4.78, 5) is 13.0. The van der Waals surface area contributed by atoms with Crippen LogP contribution in [0, 0.1) is 17.3 Å². The van der Waals surface area contributed by atoms with Crippen molar-refractivity contribution in [1.29, 1.82) is 0 Å². The minimum atomic E-state index is -0.251. The second-order valence-corrected chi connectivity index (χ2v) is 7.37. The maximum absolute atomic E-state index is 13.0. The fraction of sp³-hybridized carbons (Fsp3) is 0.737. The summed E-state index contributed by atoms with van der Waals surface area (Å²) in [7, 11) is 1.70. The highest BCUT2D eigenvalue weighted by Gasteiger charge is 2.51. The Morgan fingerprint density at radius 2 is 2.05 bits per heavy atom. The average molecular weight is 288 g/mol. The molecule has 4 unspecified atom stereocenters. The first kappa shape index (κ1) is 15.0. The number of Topliss-reactive ketones (excluding diaryl/α,β-unsaturated/α-hetero) is 1. The predicted octanol–water partition coefficient (Wildman–Crippen LogP) is 4.45. The van der Waals surface area contributed by atoms with Gasteiger partial charge in [-0.05, 0) is 56.3 Å². The molecule has 0 bridgehead atoms. The number of methoxy groups -OCH3 is 1. The van der Waals surface area contributed by atoms with Crippen molar-refractivity contribution in [3.8, 4) is 0 Å². The molecule has 116 valence electrons. The zero-order chi connectivity index (χ0) is 15.0. The third-order valence-electron chi connectivity index (χ3n) is 6.24. The number of ether oxygens (including phenoxy) is 1. The molecule has 3 aliphatic rings. The van der Waals surface area contributed by atoms with Gasteiger partial charge in [-0.1, -0.05) is 31.6 Å². The van der Waals surface area contributed by atoms with E-state index in [1.807, 2.05) is 0 Å². The molecule has 0 aromatic carbocycles. The van der Waals surface area contributed by atoms with Gasteiger partial charge in [-0.2, -0.15) is 0 Å². The first-order chi connectivity index (χ1) is 10.1. The number of carbonyl (C=O) groups is 1. The van der Waals surface area contributed by atoms with E-state index in [1.165, 1.54) is 31.3 Å². The fourth-order valence-electron chi connectivity index (χ4n) is 4.68. The van der Waals surface area contributed by atoms with Gasteiger partial charge in [-0.25, -0.2) is 0 Å². The van der Waals surface area contributed by atoms with Gasteiger partial charge in [0.2, 0.25) is 0 Å². The second-order valence-electron chi connectivity index (χ2n) is 7.37. The number of hydrogen-bond donors (Lipinski definition) is 0. The topological polar surface area (TPSA) is 26.3 Å². The summed E-state index contributed by atoms with van der Waals surface area (Å²) in [5.41, 5.74) is 2.59. The molecule has 3 rings (SSSR count). The van der Waals surface area contributed by atoms with Crippen LogP contribution in [0.2, 0.25) is 0 Å². The summed E-state index contributed by atoms with van der Waals surface area (Å²) >= 11 is 0. The lowest BCUT2D eigenvalue weighted by Crippen LogP contribution is -2.49. The Balaban J connectivity index is 1.98. The summed E-state index contributed by atoms with van der Waals surface area (Å²) in [5, 5.41) is 0. The number of fused-ring (bicyclic) bond motifs is 1. The van der Waals surface area contributed by atoms with Gasteiger partial charge in [0.25, 0.3) is 0 Å². The second kappa shape index (κ2) is 5.72. The molecule has 0 N–H and O–H groups in total. The third-order valence-corrected chi connectivity index (χ3v) is 6.24. The normalized spacial score (nSPS) is 40.3. The van der Waals surface area contributed by atoms with E-state index in [1.54, 1.807) is 7.11 Å². The highest BCUT2D eigenvalue weighted by molar-refractivity contribution is 6.01. The van der Waals surface area contributed by atoms with E-state index in [0.29, 0.717) is 11.8 Å². The summed E-state index contributed by atoms with van der Waals surface area (Å²) < 4.78 is 5.67. The number of ketones is 1. The molecule has 0 aromatic rings. The molecular weight excluding hydrogens is 260 g/mol. The molecule has 0 spiro atoms. The molecule has 3 aliphatic carbocycles. The van der Waals surface area contributed by atoms with E-state index in [9.17, 15) is 4.79 Å². The molecule has 1 fully saturated rings. The van der Waals surface area contributed by atoms with Crippen LogP contribution in [0.1, 0.15) is 58.8 Å². The van der Waals surface area contributed by atoms with Crippen molar-refractivity contribution >= 4 is 5.78 Å². The van der Waals surface area contributed by atoms with Gasteiger partial charge in [0.15, 0.2) is 5.78 Å². The van der Waals surface area contributed by atoms with Crippen LogP contribution in [0.5, 0.6) is 0 Å². The molecule has 1 saturated carbocycles. The van der Waals surface area contributed by atoms with Crippen molar-refractivity contribution in [2.24, 2.45) is 17.3 Å². The quantitative estimate of drug-likeness (QED) is 0.702. The highest BCUT2D eigenvalue weighted by atomic mass is 16.5. The lowest BCUT2D eigenvalue weighted by molar-refractivity contribution is -0.133. The van der Waals surface area contributed by atoms with Crippen molar-refractivity contribution < 1.29 is 9.53 Å². The molecule has 0 saturated heterocycles.